The molecule has 2 heterocycles. The van der Waals surface area contributed by atoms with E-state index in [1.165, 1.54) is 6.07 Å². The van der Waals surface area contributed by atoms with Crippen molar-refractivity contribution in [2.24, 2.45) is 11.3 Å². The second-order valence-electron chi connectivity index (χ2n) is 9.78. The largest absolute Gasteiger partial charge is 0.417 e. The minimum Gasteiger partial charge on any atom is -0.384 e. The van der Waals surface area contributed by atoms with Crippen LogP contribution in [-0.2, 0) is 22.1 Å². The van der Waals surface area contributed by atoms with Gasteiger partial charge in [0.15, 0.2) is 0 Å². The number of hydrogen-bond acceptors (Lipinski definition) is 4. The molecule has 2 aromatic carbocycles. The number of hydrogen-bond donors (Lipinski definition) is 0. The Morgan fingerprint density at radius 2 is 1.86 bits per heavy atom. The minimum absolute atomic E-state index is 0.0937. The van der Waals surface area contributed by atoms with Gasteiger partial charge < -0.3 is 14.5 Å². The zero-order chi connectivity index (χ0) is 25.2. The molecule has 2 aliphatic heterocycles. The number of carbonyl (C=O) groups is 1. The van der Waals surface area contributed by atoms with Gasteiger partial charge in [-0.1, -0.05) is 29.8 Å². The minimum atomic E-state index is -4.58. The van der Waals surface area contributed by atoms with Crippen molar-refractivity contribution in [1.29, 1.82) is 5.26 Å². The molecule has 2 aromatic rings. The second-order valence-corrected chi connectivity index (χ2v) is 9.78. The van der Waals surface area contributed by atoms with Crippen molar-refractivity contribution < 1.29 is 22.7 Å². The predicted molar refractivity (Wildman–Crippen MR) is 127 cm³/mol. The molecule has 0 bridgehead atoms. The average molecular weight is 486 g/mol. The number of halogens is 3. The van der Waals surface area contributed by atoms with E-state index in [4.69, 9.17) is 10.00 Å². The molecule has 186 valence electrons. The summed E-state index contributed by atoms with van der Waals surface area (Å²) in [6.07, 6.45) is -2.70. The van der Waals surface area contributed by atoms with Gasteiger partial charge in [0.2, 0.25) is 5.91 Å². The number of methoxy groups -OCH3 is 1. The lowest BCUT2D eigenvalue weighted by molar-refractivity contribution is -0.137. The molecule has 1 amide bonds. The maximum absolute atomic E-state index is 13.4. The van der Waals surface area contributed by atoms with Crippen LogP contribution in [0.15, 0.2) is 42.5 Å². The molecule has 8 heteroatoms. The number of anilines is 1. The van der Waals surface area contributed by atoms with Gasteiger partial charge in [0, 0.05) is 44.9 Å². The van der Waals surface area contributed by atoms with Crippen LogP contribution in [-0.4, -0.2) is 50.7 Å². The third-order valence-corrected chi connectivity index (χ3v) is 7.56. The van der Waals surface area contributed by atoms with Gasteiger partial charge in [-0.2, -0.15) is 18.4 Å². The lowest BCUT2D eigenvalue weighted by Crippen LogP contribution is -2.45. The fraction of sp³-hybridized carbons (Fsp3) is 0.481. The molecule has 2 aliphatic rings. The Labute approximate surface area is 204 Å². The van der Waals surface area contributed by atoms with Crippen LogP contribution in [0.5, 0.6) is 0 Å². The van der Waals surface area contributed by atoms with Crippen molar-refractivity contribution >= 4 is 11.6 Å². The van der Waals surface area contributed by atoms with Crippen LogP contribution in [0.4, 0.5) is 18.9 Å². The summed E-state index contributed by atoms with van der Waals surface area (Å²) in [4.78, 5) is 17.0. The number of benzene rings is 2. The number of likely N-dealkylation sites (tertiary alicyclic amines) is 1. The van der Waals surface area contributed by atoms with Gasteiger partial charge in [0.05, 0.1) is 30.2 Å². The SMILES string of the molecule is COCC1CN(C(=O)Cc2ccc(C)cc2)CC12CCN(c1ccc(C#N)c(C(F)(F)F)c1)CC2. The van der Waals surface area contributed by atoms with Gasteiger partial charge in [-0.05, 0) is 48.9 Å². The number of amides is 1. The van der Waals surface area contributed by atoms with Crippen molar-refractivity contribution in [3.8, 4) is 6.07 Å². The Balaban J connectivity index is 1.47. The van der Waals surface area contributed by atoms with E-state index in [1.54, 1.807) is 19.2 Å². The summed E-state index contributed by atoms with van der Waals surface area (Å²) in [7, 11) is 1.66. The molecule has 1 unspecified atom stereocenters. The fourth-order valence-corrected chi connectivity index (χ4v) is 5.48. The summed E-state index contributed by atoms with van der Waals surface area (Å²) in [5.41, 5.74) is 1.23. The number of nitrogens with zero attached hydrogens (tertiary/aromatic N) is 3. The number of nitriles is 1. The number of carbonyl (C=O) groups excluding carboxylic acids is 1. The Hall–Kier alpha value is -3.05. The molecule has 35 heavy (non-hydrogen) atoms. The van der Waals surface area contributed by atoms with Crippen molar-refractivity contribution in [1.82, 2.24) is 4.90 Å². The maximum atomic E-state index is 13.4. The van der Waals surface area contributed by atoms with Gasteiger partial charge in [-0.3, -0.25) is 4.79 Å². The standard InChI is InChI=1S/C27H30F3N3O2/c1-19-3-5-20(6-4-19)13-25(34)33-16-22(17-35-2)26(18-33)9-11-32(12-10-26)23-8-7-21(15-31)24(14-23)27(28,29)30/h3-8,14,22H,9-13,16-18H2,1-2H3. The monoisotopic (exact) mass is 485 g/mol. The quantitative estimate of drug-likeness (QED) is 0.610. The molecule has 0 N–H and O–H groups in total. The average Bonchev–Trinajstić information content (AvgIpc) is 3.18. The molecule has 0 aliphatic carbocycles. The van der Waals surface area contributed by atoms with Crippen LogP contribution < -0.4 is 4.90 Å². The summed E-state index contributed by atoms with van der Waals surface area (Å²) in [6.45, 7) is 5.00. The summed E-state index contributed by atoms with van der Waals surface area (Å²) in [6, 6.07) is 13.5. The molecule has 0 saturated carbocycles. The molecule has 0 radical (unpaired) electrons. The van der Waals surface area contributed by atoms with E-state index in [2.05, 4.69) is 0 Å². The van der Waals surface area contributed by atoms with E-state index in [1.807, 2.05) is 41.0 Å². The number of rotatable bonds is 5. The number of ether oxygens (including phenoxy) is 1. The zero-order valence-corrected chi connectivity index (χ0v) is 20.1. The Morgan fingerprint density at radius 3 is 2.46 bits per heavy atom. The predicted octanol–water partition coefficient (Wildman–Crippen LogP) is 4.82. The number of aryl methyl sites for hydroxylation is 1. The zero-order valence-electron chi connectivity index (χ0n) is 20.1. The van der Waals surface area contributed by atoms with Gasteiger partial charge in [0.1, 0.15) is 0 Å². The number of piperidine rings is 1. The van der Waals surface area contributed by atoms with Crippen LogP contribution in [0.1, 0.15) is 35.1 Å². The normalized spacial score (nSPS) is 19.7. The van der Waals surface area contributed by atoms with E-state index in [0.717, 1.165) is 30.0 Å². The molecule has 1 atom stereocenters. The van der Waals surface area contributed by atoms with Gasteiger partial charge in [0.25, 0.3) is 0 Å². The summed E-state index contributed by atoms with van der Waals surface area (Å²) in [5, 5.41) is 9.07. The summed E-state index contributed by atoms with van der Waals surface area (Å²) in [5.74, 6) is 0.277. The molecule has 5 nitrogen and oxygen atoms in total. The highest BCUT2D eigenvalue weighted by atomic mass is 19.4. The molecule has 2 fully saturated rings. The molecular formula is C27H30F3N3O2. The Morgan fingerprint density at radius 1 is 1.17 bits per heavy atom. The Kier molecular flexibility index (Phi) is 7.09. The highest BCUT2D eigenvalue weighted by molar-refractivity contribution is 5.79. The highest BCUT2D eigenvalue weighted by Gasteiger charge is 2.49. The van der Waals surface area contributed by atoms with Crippen molar-refractivity contribution in [3.63, 3.8) is 0 Å². The smallest absolute Gasteiger partial charge is 0.384 e. The van der Waals surface area contributed by atoms with E-state index in [-0.39, 0.29) is 22.8 Å². The molecule has 2 saturated heterocycles. The topological polar surface area (TPSA) is 56.6 Å². The third-order valence-electron chi connectivity index (χ3n) is 7.56. The van der Waals surface area contributed by atoms with E-state index >= 15 is 0 Å². The molecule has 4 rings (SSSR count). The first-order valence-electron chi connectivity index (χ1n) is 11.8. The molecule has 0 aromatic heterocycles. The lowest BCUT2D eigenvalue weighted by atomic mass is 9.71. The van der Waals surface area contributed by atoms with Crippen molar-refractivity contribution in [3.05, 3.63) is 64.7 Å². The van der Waals surface area contributed by atoms with Crippen molar-refractivity contribution in [2.45, 2.75) is 32.4 Å². The first kappa shape index (κ1) is 25.1. The van der Waals surface area contributed by atoms with Gasteiger partial charge in [-0.15, -0.1) is 0 Å². The number of alkyl halides is 3. The lowest BCUT2D eigenvalue weighted by Gasteiger charge is -2.43. The van der Waals surface area contributed by atoms with Crippen LogP contribution >= 0.6 is 0 Å². The van der Waals surface area contributed by atoms with Crippen molar-refractivity contribution in [2.75, 3.05) is 44.8 Å². The van der Waals surface area contributed by atoms with Gasteiger partial charge >= 0.3 is 6.18 Å². The van der Waals surface area contributed by atoms with Crippen LogP contribution in [0, 0.1) is 29.6 Å². The first-order valence-corrected chi connectivity index (χ1v) is 11.8. The first-order chi connectivity index (χ1) is 16.6. The van der Waals surface area contributed by atoms with E-state index < -0.39 is 11.7 Å². The molecule has 1 spiro atoms. The van der Waals surface area contributed by atoms with Gasteiger partial charge in [-0.25, -0.2) is 0 Å². The third kappa shape index (κ3) is 5.30. The van der Waals surface area contributed by atoms with Crippen LogP contribution in [0.2, 0.25) is 0 Å². The van der Waals surface area contributed by atoms with E-state index in [0.29, 0.717) is 44.9 Å². The van der Waals surface area contributed by atoms with E-state index in [9.17, 15) is 18.0 Å². The summed E-state index contributed by atoms with van der Waals surface area (Å²) >= 11 is 0. The van der Waals surface area contributed by atoms with Crippen LogP contribution in [0.3, 0.4) is 0 Å². The Bertz CT molecular complexity index is 1100. The summed E-state index contributed by atoms with van der Waals surface area (Å²) < 4.78 is 45.8. The fourth-order valence-electron chi connectivity index (χ4n) is 5.48. The highest BCUT2D eigenvalue weighted by Crippen LogP contribution is 2.46. The second kappa shape index (κ2) is 9.90. The maximum Gasteiger partial charge on any atom is 0.417 e. The molecular weight excluding hydrogens is 455 g/mol. The van der Waals surface area contributed by atoms with Crippen LogP contribution in [0.25, 0.3) is 0 Å².